The van der Waals surface area contributed by atoms with Crippen molar-refractivity contribution >= 4 is 45.4 Å². The molecule has 1 aliphatic heterocycles. The van der Waals surface area contributed by atoms with Gasteiger partial charge in [0.1, 0.15) is 16.5 Å². The summed E-state index contributed by atoms with van der Waals surface area (Å²) in [5.41, 5.74) is 0. The average Bonchev–Trinajstić information content (AvgIpc) is 3.30. The van der Waals surface area contributed by atoms with E-state index in [0.717, 1.165) is 36.5 Å². The summed E-state index contributed by atoms with van der Waals surface area (Å²) in [6.45, 7) is 3.79. The van der Waals surface area contributed by atoms with Crippen molar-refractivity contribution < 1.29 is 9.21 Å². The summed E-state index contributed by atoms with van der Waals surface area (Å²) in [4.78, 5) is 20.3. The minimum Gasteiger partial charge on any atom is -0.462 e. The number of nitrogens with zero attached hydrogens (tertiary/aromatic N) is 4. The molecule has 26 heavy (non-hydrogen) atoms. The van der Waals surface area contributed by atoms with Crippen LogP contribution in [0.25, 0.3) is 6.08 Å². The zero-order chi connectivity index (χ0) is 18.1. The number of aliphatic imine (C=N–C) groups is 1. The van der Waals surface area contributed by atoms with Crippen LogP contribution in [0.5, 0.6) is 0 Å². The lowest BCUT2D eigenvalue weighted by Gasteiger charge is -2.30. The summed E-state index contributed by atoms with van der Waals surface area (Å²) in [5.74, 6) is 1.53. The molecule has 3 heterocycles. The van der Waals surface area contributed by atoms with Crippen LogP contribution in [0.3, 0.4) is 0 Å². The molecule has 2 aromatic rings. The van der Waals surface area contributed by atoms with Crippen LogP contribution >= 0.6 is 23.1 Å². The number of aromatic nitrogens is 2. The van der Waals surface area contributed by atoms with Gasteiger partial charge in [0, 0.05) is 12.1 Å². The zero-order valence-electron chi connectivity index (χ0n) is 14.8. The van der Waals surface area contributed by atoms with Gasteiger partial charge in [-0.05, 0) is 50.6 Å². The summed E-state index contributed by atoms with van der Waals surface area (Å²) in [6.07, 6.45) is 7.40. The lowest BCUT2D eigenvalue weighted by molar-refractivity contribution is -0.124. The highest BCUT2D eigenvalue weighted by Gasteiger charge is 2.39. The molecule has 1 saturated heterocycles. The molecule has 2 fully saturated rings. The van der Waals surface area contributed by atoms with Crippen molar-refractivity contribution in [2.75, 3.05) is 0 Å². The topological polar surface area (TPSA) is 71.6 Å². The van der Waals surface area contributed by atoms with Crippen LogP contribution in [0.1, 0.15) is 48.6 Å². The Balaban J connectivity index is 1.68. The van der Waals surface area contributed by atoms with Gasteiger partial charge in [-0.2, -0.15) is 4.99 Å². The van der Waals surface area contributed by atoms with E-state index in [0.29, 0.717) is 21.0 Å². The van der Waals surface area contributed by atoms with Crippen molar-refractivity contribution in [2.24, 2.45) is 4.99 Å². The summed E-state index contributed by atoms with van der Waals surface area (Å²) in [5, 5.41) is 10.3. The van der Waals surface area contributed by atoms with Crippen LogP contribution in [0, 0.1) is 13.8 Å². The van der Waals surface area contributed by atoms with Crippen molar-refractivity contribution in [2.45, 2.75) is 52.0 Å². The largest absolute Gasteiger partial charge is 0.462 e. The van der Waals surface area contributed by atoms with Crippen LogP contribution in [0.2, 0.25) is 0 Å². The molecular formula is C18H20N4O2S2. The van der Waals surface area contributed by atoms with E-state index in [1.807, 2.05) is 37.0 Å². The SMILES string of the molecule is Cc1ccc(/C=C2/S/C(=N/c3nnc(C)s3)N(C3CCCCC3)C2=O)o1. The van der Waals surface area contributed by atoms with Gasteiger partial charge in [-0.25, -0.2) is 0 Å². The van der Waals surface area contributed by atoms with Crippen molar-refractivity contribution in [3.05, 3.63) is 33.6 Å². The Labute approximate surface area is 160 Å². The molecule has 1 amide bonds. The Morgan fingerprint density at radius 2 is 2.04 bits per heavy atom. The number of thioether (sulfide) groups is 1. The first-order chi connectivity index (χ1) is 12.6. The maximum atomic E-state index is 13.1. The van der Waals surface area contributed by atoms with E-state index in [2.05, 4.69) is 15.2 Å². The lowest BCUT2D eigenvalue weighted by Crippen LogP contribution is -2.40. The first-order valence-electron chi connectivity index (χ1n) is 8.78. The normalized spacial score (nSPS) is 22.1. The van der Waals surface area contributed by atoms with Gasteiger partial charge in [0.2, 0.25) is 5.13 Å². The Bertz CT molecular complexity index is 877. The van der Waals surface area contributed by atoms with Crippen molar-refractivity contribution in [3.63, 3.8) is 0 Å². The summed E-state index contributed by atoms with van der Waals surface area (Å²) >= 11 is 2.83. The predicted molar refractivity (Wildman–Crippen MR) is 104 cm³/mol. The van der Waals surface area contributed by atoms with Gasteiger partial charge in [-0.1, -0.05) is 30.6 Å². The number of rotatable bonds is 3. The summed E-state index contributed by atoms with van der Waals surface area (Å²) in [6, 6.07) is 3.99. The second kappa shape index (κ2) is 7.36. The number of amides is 1. The highest BCUT2D eigenvalue weighted by molar-refractivity contribution is 8.18. The number of hydrogen-bond acceptors (Lipinski definition) is 7. The van der Waals surface area contributed by atoms with Crippen molar-refractivity contribution in [1.82, 2.24) is 15.1 Å². The van der Waals surface area contributed by atoms with E-state index in [4.69, 9.17) is 4.42 Å². The molecule has 1 saturated carbocycles. The Hall–Kier alpha value is -1.93. The van der Waals surface area contributed by atoms with E-state index in [1.54, 1.807) is 0 Å². The number of amidine groups is 1. The van der Waals surface area contributed by atoms with Crippen LogP contribution in [-0.2, 0) is 4.79 Å². The molecule has 0 atom stereocenters. The third kappa shape index (κ3) is 3.61. The fraction of sp³-hybridized carbons (Fsp3) is 0.444. The lowest BCUT2D eigenvalue weighted by atomic mass is 9.94. The van der Waals surface area contributed by atoms with E-state index in [1.165, 1.54) is 29.5 Å². The zero-order valence-corrected chi connectivity index (χ0v) is 16.4. The number of aryl methyl sites for hydroxylation is 2. The Morgan fingerprint density at radius 1 is 1.23 bits per heavy atom. The Kier molecular flexibility index (Phi) is 4.95. The van der Waals surface area contributed by atoms with Gasteiger partial charge in [-0.3, -0.25) is 9.69 Å². The van der Waals surface area contributed by atoms with Gasteiger partial charge in [0.25, 0.3) is 5.91 Å². The molecule has 0 radical (unpaired) electrons. The average molecular weight is 389 g/mol. The monoisotopic (exact) mass is 388 g/mol. The quantitative estimate of drug-likeness (QED) is 0.714. The molecule has 2 aromatic heterocycles. The van der Waals surface area contributed by atoms with Crippen molar-refractivity contribution in [1.29, 1.82) is 0 Å². The molecule has 0 unspecified atom stereocenters. The highest BCUT2D eigenvalue weighted by Crippen LogP contribution is 2.38. The standard InChI is InChI=1S/C18H20N4O2S2/c1-11-8-9-14(24-11)10-15-16(23)22(13-6-4-3-5-7-13)18(26-15)19-17-21-20-12(2)25-17/h8-10,13H,3-7H2,1-2H3/b15-10+,19-18+. The first kappa shape index (κ1) is 17.5. The van der Waals surface area contributed by atoms with E-state index in [9.17, 15) is 4.79 Å². The Morgan fingerprint density at radius 3 is 2.69 bits per heavy atom. The fourth-order valence-electron chi connectivity index (χ4n) is 3.30. The van der Waals surface area contributed by atoms with E-state index >= 15 is 0 Å². The molecule has 6 nitrogen and oxygen atoms in total. The molecule has 0 spiro atoms. The second-order valence-corrected chi connectivity index (χ2v) is 8.69. The smallest absolute Gasteiger partial charge is 0.267 e. The van der Waals surface area contributed by atoms with Crippen LogP contribution in [0.4, 0.5) is 5.13 Å². The van der Waals surface area contributed by atoms with E-state index in [-0.39, 0.29) is 11.9 Å². The molecule has 0 aromatic carbocycles. The third-order valence-electron chi connectivity index (χ3n) is 4.52. The number of carbonyl (C=O) groups is 1. The summed E-state index contributed by atoms with van der Waals surface area (Å²) < 4.78 is 5.61. The van der Waals surface area contributed by atoms with Crippen LogP contribution in [0.15, 0.2) is 26.4 Å². The third-order valence-corrected chi connectivity index (χ3v) is 6.23. The molecule has 2 aliphatic rings. The van der Waals surface area contributed by atoms with Gasteiger partial charge < -0.3 is 4.42 Å². The van der Waals surface area contributed by atoms with Crippen LogP contribution in [-0.4, -0.2) is 32.2 Å². The number of carbonyl (C=O) groups excluding carboxylic acids is 1. The fourth-order valence-corrected chi connectivity index (χ4v) is 4.94. The number of furan rings is 1. The molecule has 136 valence electrons. The second-order valence-electron chi connectivity index (χ2n) is 6.52. The first-order valence-corrected chi connectivity index (χ1v) is 10.4. The van der Waals surface area contributed by atoms with Gasteiger partial charge in [0.05, 0.1) is 4.91 Å². The molecule has 0 bridgehead atoms. The molecular weight excluding hydrogens is 368 g/mol. The highest BCUT2D eigenvalue weighted by atomic mass is 32.2. The minimum atomic E-state index is 0.0101. The summed E-state index contributed by atoms with van der Waals surface area (Å²) in [7, 11) is 0. The van der Waals surface area contributed by atoms with E-state index < -0.39 is 0 Å². The predicted octanol–water partition coefficient (Wildman–Crippen LogP) is 4.68. The molecule has 4 rings (SSSR count). The van der Waals surface area contributed by atoms with Crippen molar-refractivity contribution in [3.8, 4) is 0 Å². The number of hydrogen-bond donors (Lipinski definition) is 0. The van der Waals surface area contributed by atoms with Gasteiger partial charge in [-0.15, -0.1) is 10.2 Å². The van der Waals surface area contributed by atoms with Gasteiger partial charge >= 0.3 is 0 Å². The van der Waals surface area contributed by atoms with Gasteiger partial charge in [0.15, 0.2) is 5.17 Å². The minimum absolute atomic E-state index is 0.0101. The molecule has 0 N–H and O–H groups in total. The van der Waals surface area contributed by atoms with Crippen LogP contribution < -0.4 is 0 Å². The molecule has 1 aliphatic carbocycles. The maximum Gasteiger partial charge on any atom is 0.267 e. The molecule has 8 heteroatoms. The maximum absolute atomic E-state index is 13.1.